The Morgan fingerprint density at radius 1 is 0.188 bits per heavy atom. The number of aromatic amines is 6. The largest absolute Gasteiger partial charge is 0.355 e. The van der Waals surface area contributed by atoms with Crippen LogP contribution in [0.1, 0.15) is 175 Å². The van der Waals surface area contributed by atoms with Crippen molar-refractivity contribution in [1.29, 1.82) is 0 Å². The van der Waals surface area contributed by atoms with Crippen molar-refractivity contribution < 1.29 is 0 Å². The van der Waals surface area contributed by atoms with E-state index in [1.54, 1.807) is 18.2 Å². The Labute approximate surface area is 821 Å². The van der Waals surface area contributed by atoms with Crippen LogP contribution in [0.3, 0.4) is 0 Å². The highest BCUT2D eigenvalue weighted by Crippen LogP contribution is 2.36. The van der Waals surface area contributed by atoms with Crippen molar-refractivity contribution >= 4 is 163 Å². The maximum atomic E-state index is 5.21. The zero-order chi connectivity index (χ0) is 95.5. The summed E-state index contributed by atoms with van der Waals surface area (Å²) in [5.41, 5.74) is 28.7. The summed E-state index contributed by atoms with van der Waals surface area (Å²) in [5.74, 6) is 77.1. The Morgan fingerprint density at radius 3 is 0.514 bits per heavy atom. The average molecular weight is 1890 g/mol. The monoisotopic (exact) mass is 1890 g/mol. The minimum absolute atomic E-state index is 0.108. The number of terminal acetylenes is 3. The molecule has 0 atom stereocenters. The molecule has 0 aliphatic rings. The van der Waals surface area contributed by atoms with Gasteiger partial charge in [-0.3, -0.25) is 0 Å². The number of aromatic nitrogens is 6. The number of hydrogen-bond acceptors (Lipinski definition) is 0. The minimum Gasteiger partial charge on any atom is -0.355 e. The third kappa shape index (κ3) is 20.7. The maximum Gasteiger partial charge on any atom is 0.0465 e. The van der Waals surface area contributed by atoms with E-state index in [4.69, 9.17) is 19.3 Å². The van der Waals surface area contributed by atoms with E-state index in [0.29, 0.717) is 0 Å². The molecule has 0 aliphatic carbocycles. The lowest BCUT2D eigenvalue weighted by Crippen LogP contribution is -1.99. The molecule has 0 radical (unpaired) electrons. The lowest BCUT2D eigenvalue weighted by Gasteiger charge is -2.06. The zero-order valence-electron chi connectivity index (χ0n) is 77.6. The van der Waals surface area contributed by atoms with Crippen LogP contribution in [0.5, 0.6) is 0 Å². The molecule has 0 amide bonds. The van der Waals surface area contributed by atoms with E-state index >= 15 is 0 Å². The third-order valence-electron chi connectivity index (χ3n) is 23.1. The van der Waals surface area contributed by atoms with Crippen molar-refractivity contribution in [3.05, 3.63) is 388 Å². The number of hydrogen-bond donors (Lipinski definition) is 6. The minimum atomic E-state index is -0.108. The highest BCUT2D eigenvalue weighted by molar-refractivity contribution is 9.10. The first-order valence-electron chi connectivity index (χ1n) is 45.4. The Kier molecular flexibility index (Phi) is 24.7. The molecular weight excluding hydrogens is 1810 g/mol. The lowest BCUT2D eigenvalue weighted by atomic mass is 9.97. The van der Waals surface area contributed by atoms with Crippen LogP contribution < -0.4 is 0 Å². The molecule has 0 spiro atoms. The number of fused-ring (bicyclic) bond motifs is 18. The molecule has 6 aromatic heterocycles. The van der Waals surface area contributed by atoms with Gasteiger partial charge in [0.05, 0.1) is 0 Å². The fraction of sp³-hybridized carbons (Fsp3) is 0.108. The van der Waals surface area contributed by atoms with Gasteiger partial charge in [-0.15, -0.1) is 19.3 Å². The van der Waals surface area contributed by atoms with Gasteiger partial charge in [0.25, 0.3) is 0 Å². The van der Waals surface area contributed by atoms with Gasteiger partial charge in [-0.1, -0.05) is 196 Å². The normalized spacial score (nSPS) is 10.9. The highest BCUT2D eigenvalue weighted by atomic mass is 79.9. The molecule has 0 saturated carbocycles. The maximum absolute atomic E-state index is 5.21. The summed E-state index contributed by atoms with van der Waals surface area (Å²) in [6.45, 7) is 21.2. The second-order valence-corrected chi connectivity index (χ2v) is 38.7. The number of H-pyrrole nitrogens is 6. The molecule has 15 aromatic carbocycles. The molecule has 6 N–H and O–H groups in total. The second-order valence-electron chi connectivity index (χ2n) is 36.9. The van der Waals surface area contributed by atoms with Gasteiger partial charge in [0.15, 0.2) is 0 Å². The predicted octanol–water partition coefficient (Wildman–Crippen LogP) is 29.5. The fourth-order valence-electron chi connectivity index (χ4n) is 16.5. The standard InChI is InChI=1S/C106H73N5.C12H7Br2N.C12H6/c1-67(2)11-13-69-27-37-95-85(57-69)87-59-71(29-39-97(87)107-95)15-21-79-51-80(22-16-72-30-40-98-88(60-72)86-58-70(14-12-68(3)4)28-38-96(86)108-98)53-81(52-79)23-17-73-31-41-99-89(61-73)90-62-74(32-42-100(90)109-99)18-24-82-54-83(25-19-75-33-43-101-91(63-75)93-65-77(35-45-103(93)110-101)47-49-105(5,6)7)56-84(55-82)26-20-76-34-44-102-92(64-76)94-66-78(36-46-104(94)111-102)48-50-106(8,9)10;13-7-1-3-11-9(5-7)10-6-8(14)2-4-12(10)15-11;1-4-10-7-11(5-2)9-12(6-3)8-10/h27-46,51-68,107-111H,1-10H3;1-6,15H;1-3,7-9H. The molecule has 138 heavy (non-hydrogen) atoms. The van der Waals surface area contributed by atoms with E-state index in [-0.39, 0.29) is 22.7 Å². The molecular formula is C130H86Br2N6. The topological polar surface area (TPSA) is 94.7 Å². The van der Waals surface area contributed by atoms with Crippen molar-refractivity contribution in [2.24, 2.45) is 22.7 Å². The van der Waals surface area contributed by atoms with Gasteiger partial charge in [-0.05, 0) is 315 Å². The van der Waals surface area contributed by atoms with Gasteiger partial charge >= 0.3 is 0 Å². The van der Waals surface area contributed by atoms with Crippen LogP contribution >= 0.6 is 31.9 Å². The molecule has 0 fully saturated rings. The Bertz CT molecular complexity index is 9050. The predicted molar refractivity (Wildman–Crippen MR) is 585 cm³/mol. The summed E-state index contributed by atoms with van der Waals surface area (Å²) in [6, 6.07) is 93.5. The lowest BCUT2D eigenvalue weighted by molar-refractivity contribution is 0.570. The summed E-state index contributed by atoms with van der Waals surface area (Å²) in [7, 11) is 0. The van der Waals surface area contributed by atoms with Crippen LogP contribution in [0.25, 0.3) is 131 Å². The first kappa shape index (κ1) is 89.6. The molecule has 0 bridgehead atoms. The number of nitrogens with one attached hydrogen (secondary N) is 6. The smallest absolute Gasteiger partial charge is 0.0465 e. The first-order chi connectivity index (χ1) is 66.7. The van der Waals surface area contributed by atoms with Crippen molar-refractivity contribution in [2.45, 2.75) is 69.2 Å². The van der Waals surface area contributed by atoms with E-state index in [1.165, 1.54) is 21.8 Å². The SMILES string of the molecule is Brc1ccc2[nH]c3ccc(Br)cc3c2c1.C#Cc1cc(C#C)cc(C#C)c1.CC(C)C#Cc1ccc2[nH]c3ccc(C#Cc4cc(C#Cc5ccc6[nH]c7ccc(C#Cc8cc(C#Cc9ccc%10[nH]c%11ccc(C#CC(C)(C)C)cc%11c%10c9)cc(C#Cc9ccc%10[nH]c%11ccc(C#CC(C)(C)C)cc%11c%10c9)c8)cc7c6c5)cc(C#Cc5ccc6[nH]c7ccc(C#CC(C)C)cc7c6c5)c4)cc3c2c1. The van der Waals surface area contributed by atoms with Crippen LogP contribution in [-0.4, -0.2) is 29.9 Å². The van der Waals surface area contributed by atoms with E-state index in [9.17, 15) is 0 Å². The van der Waals surface area contributed by atoms with Crippen LogP contribution in [0, 0.1) is 178 Å². The molecule has 21 rings (SSSR count). The number of rotatable bonds is 0. The molecule has 8 heteroatoms. The van der Waals surface area contributed by atoms with E-state index in [1.807, 2.05) is 12.1 Å². The van der Waals surface area contributed by atoms with Gasteiger partial charge in [0.2, 0.25) is 0 Å². The molecule has 650 valence electrons. The summed E-state index contributed by atoms with van der Waals surface area (Å²) in [5, 5.41) is 13.4. The van der Waals surface area contributed by atoms with E-state index in [2.05, 4.69) is 510 Å². The van der Waals surface area contributed by atoms with Crippen molar-refractivity contribution in [2.75, 3.05) is 0 Å². The van der Waals surface area contributed by atoms with Gasteiger partial charge in [0.1, 0.15) is 0 Å². The van der Waals surface area contributed by atoms with Crippen LogP contribution in [0.4, 0.5) is 0 Å². The Hall–Kier alpha value is -17.7. The number of benzene rings is 15. The van der Waals surface area contributed by atoms with Crippen LogP contribution in [0.2, 0.25) is 0 Å². The van der Waals surface area contributed by atoms with Gasteiger partial charge in [-0.2, -0.15) is 0 Å². The zero-order valence-corrected chi connectivity index (χ0v) is 80.8. The number of halogens is 2. The van der Waals surface area contributed by atoms with Gasteiger partial charge < -0.3 is 29.9 Å². The first-order valence-corrected chi connectivity index (χ1v) is 47.0. The van der Waals surface area contributed by atoms with Crippen LogP contribution in [0.15, 0.2) is 282 Å². The van der Waals surface area contributed by atoms with Crippen molar-refractivity contribution in [1.82, 2.24) is 29.9 Å². The molecule has 0 unspecified atom stereocenters. The quantitative estimate of drug-likeness (QED) is 0.0817. The van der Waals surface area contributed by atoms with Gasteiger partial charge in [-0.25, -0.2) is 0 Å². The highest BCUT2D eigenvalue weighted by Gasteiger charge is 2.16. The fourth-order valence-corrected chi connectivity index (χ4v) is 17.2. The van der Waals surface area contributed by atoms with Gasteiger partial charge in [0, 0.05) is 268 Å². The second kappa shape index (κ2) is 38.1. The summed E-state index contributed by atoms with van der Waals surface area (Å²) in [4.78, 5) is 21.4. The summed E-state index contributed by atoms with van der Waals surface area (Å²) >= 11 is 6.99. The Balaban J connectivity index is 0.000000385. The molecule has 21 aromatic rings. The van der Waals surface area contributed by atoms with Crippen LogP contribution in [-0.2, 0) is 0 Å². The molecule has 6 nitrogen and oxygen atoms in total. The Morgan fingerprint density at radius 2 is 0.341 bits per heavy atom. The van der Waals surface area contributed by atoms with E-state index in [0.717, 1.165) is 224 Å². The molecule has 0 saturated heterocycles. The molecule has 6 heterocycles. The third-order valence-corrected chi connectivity index (χ3v) is 24.1. The molecule has 0 aliphatic heterocycles. The van der Waals surface area contributed by atoms with E-state index < -0.39 is 0 Å². The summed E-state index contributed by atoms with van der Waals surface area (Å²) in [6.07, 6.45) is 15.6. The van der Waals surface area contributed by atoms with Crippen molar-refractivity contribution in [3.8, 4) is 155 Å². The average Bonchev–Trinajstić information content (AvgIpc) is 1.65. The summed E-state index contributed by atoms with van der Waals surface area (Å²) < 4.78 is 2.21. The van der Waals surface area contributed by atoms with Crippen molar-refractivity contribution in [3.63, 3.8) is 0 Å².